The summed E-state index contributed by atoms with van der Waals surface area (Å²) in [5.41, 5.74) is 0.175. The van der Waals surface area contributed by atoms with Gasteiger partial charge in [-0.25, -0.2) is 4.18 Å². The second-order valence-electron chi connectivity index (χ2n) is 7.62. The quantitative estimate of drug-likeness (QED) is 0.103. The molecular formula is C22H22N6O8S2. The molecule has 0 saturated heterocycles. The monoisotopic (exact) mass is 562 g/mol. The molecule has 38 heavy (non-hydrogen) atoms. The summed E-state index contributed by atoms with van der Waals surface area (Å²) >= 11 is 0.484. The summed E-state index contributed by atoms with van der Waals surface area (Å²) in [6.07, 6.45) is -0.933. The van der Waals surface area contributed by atoms with Crippen LogP contribution in [0.1, 0.15) is 20.8 Å². The van der Waals surface area contributed by atoms with Crippen LogP contribution in [0.2, 0.25) is 0 Å². The number of carbonyl (C=O) groups is 1. The fourth-order valence-corrected chi connectivity index (χ4v) is 5.19. The Labute approximate surface area is 221 Å². The van der Waals surface area contributed by atoms with E-state index in [0.29, 0.717) is 23.6 Å². The number of azo groups is 1. The van der Waals surface area contributed by atoms with Crippen molar-refractivity contribution in [3.63, 3.8) is 0 Å². The third kappa shape index (κ3) is 6.72. The molecule has 14 nitrogen and oxygen atoms in total. The van der Waals surface area contributed by atoms with E-state index < -0.39 is 42.8 Å². The first-order valence-corrected chi connectivity index (χ1v) is 13.2. The van der Waals surface area contributed by atoms with Crippen LogP contribution < -0.4 is 10.2 Å². The fourth-order valence-electron chi connectivity index (χ4n) is 3.36. The van der Waals surface area contributed by atoms with Crippen LogP contribution in [0.5, 0.6) is 0 Å². The summed E-state index contributed by atoms with van der Waals surface area (Å²) in [6.45, 7) is 4.93. The van der Waals surface area contributed by atoms with Crippen molar-refractivity contribution in [2.45, 2.75) is 31.9 Å². The Balaban J connectivity index is 1.94. The van der Waals surface area contributed by atoms with Gasteiger partial charge in [0.2, 0.25) is 10.9 Å². The van der Waals surface area contributed by atoms with Gasteiger partial charge in [0.25, 0.3) is 10.1 Å². The molecule has 1 aromatic heterocycles. The lowest BCUT2D eigenvalue weighted by Crippen LogP contribution is -2.36. The SMILES string of the molecule is CCN(c1ccc(N=Nc2sc([N+](=O)[O-])cc2[N+](=O)[O-])c(NC(C)=O)c1)C(C)OS(=O)(=O)c1ccccc1. The number of anilines is 2. The zero-order valence-corrected chi connectivity index (χ0v) is 21.9. The largest absolute Gasteiger partial charge is 0.345 e. The Morgan fingerprint density at radius 2 is 1.79 bits per heavy atom. The Bertz CT molecular complexity index is 1490. The molecule has 1 N–H and O–H groups in total. The Kier molecular flexibility index (Phi) is 8.82. The van der Waals surface area contributed by atoms with Crippen LogP contribution in [0.4, 0.5) is 32.8 Å². The van der Waals surface area contributed by atoms with Gasteiger partial charge in [-0.1, -0.05) is 18.2 Å². The molecule has 0 aliphatic rings. The van der Waals surface area contributed by atoms with E-state index in [1.165, 1.54) is 31.2 Å². The average molecular weight is 563 g/mol. The summed E-state index contributed by atoms with van der Waals surface area (Å²) in [4.78, 5) is 34.1. The van der Waals surface area contributed by atoms with Crippen LogP contribution in [-0.2, 0) is 19.1 Å². The molecular weight excluding hydrogens is 540 g/mol. The summed E-state index contributed by atoms with van der Waals surface area (Å²) in [5, 5.41) is 31.9. The summed E-state index contributed by atoms with van der Waals surface area (Å²) in [7, 11) is -4.06. The molecule has 2 aromatic carbocycles. The molecule has 0 aliphatic carbocycles. The molecule has 3 aromatic rings. The van der Waals surface area contributed by atoms with E-state index in [1.807, 2.05) is 0 Å². The first kappa shape index (κ1) is 28.3. The molecule has 200 valence electrons. The molecule has 0 fully saturated rings. The van der Waals surface area contributed by atoms with Gasteiger partial charge >= 0.3 is 10.7 Å². The predicted octanol–water partition coefficient (Wildman–Crippen LogP) is 5.52. The molecule has 0 spiro atoms. The first-order chi connectivity index (χ1) is 17.9. The number of nitrogens with one attached hydrogen (secondary N) is 1. The minimum atomic E-state index is -4.06. The van der Waals surface area contributed by atoms with Gasteiger partial charge in [0.05, 0.1) is 20.4 Å². The highest BCUT2D eigenvalue weighted by atomic mass is 32.2. The fraction of sp³-hybridized carbons (Fsp3) is 0.227. The number of nitrogens with zero attached hydrogens (tertiary/aromatic N) is 5. The predicted molar refractivity (Wildman–Crippen MR) is 140 cm³/mol. The highest BCUT2D eigenvalue weighted by molar-refractivity contribution is 7.86. The second kappa shape index (κ2) is 11.8. The van der Waals surface area contributed by atoms with E-state index >= 15 is 0 Å². The Morgan fingerprint density at radius 1 is 1.11 bits per heavy atom. The Morgan fingerprint density at radius 3 is 2.37 bits per heavy atom. The van der Waals surface area contributed by atoms with Crippen LogP contribution in [0.3, 0.4) is 0 Å². The Hall–Kier alpha value is -4.28. The van der Waals surface area contributed by atoms with Crippen molar-refractivity contribution < 1.29 is 27.2 Å². The maximum Gasteiger partial charge on any atom is 0.333 e. The second-order valence-corrected chi connectivity index (χ2v) is 10.2. The molecule has 0 bridgehead atoms. The molecule has 3 rings (SSSR count). The summed E-state index contributed by atoms with van der Waals surface area (Å²) in [6, 6.07) is 13.0. The van der Waals surface area contributed by atoms with Crippen molar-refractivity contribution in [3.05, 3.63) is 74.8 Å². The molecule has 0 saturated carbocycles. The van der Waals surface area contributed by atoms with Gasteiger partial charge < -0.3 is 10.2 Å². The van der Waals surface area contributed by atoms with Crippen LogP contribution in [0.25, 0.3) is 0 Å². The zero-order chi connectivity index (χ0) is 28.0. The molecule has 1 heterocycles. The van der Waals surface area contributed by atoms with E-state index in [-0.39, 0.29) is 21.3 Å². The van der Waals surface area contributed by atoms with Gasteiger partial charge in [-0.2, -0.15) is 8.42 Å². The van der Waals surface area contributed by atoms with E-state index in [4.69, 9.17) is 4.18 Å². The number of benzene rings is 2. The van der Waals surface area contributed by atoms with E-state index in [9.17, 15) is 33.4 Å². The molecule has 16 heteroatoms. The number of rotatable bonds is 11. The number of thiophene rings is 1. The van der Waals surface area contributed by atoms with Gasteiger partial charge in [-0.3, -0.25) is 25.0 Å². The number of carbonyl (C=O) groups excluding carboxylic acids is 1. The topological polar surface area (TPSA) is 187 Å². The maximum absolute atomic E-state index is 12.7. The number of amides is 1. The van der Waals surface area contributed by atoms with Gasteiger partial charge in [0, 0.05) is 19.2 Å². The van der Waals surface area contributed by atoms with Crippen LogP contribution in [-0.4, -0.2) is 36.9 Å². The third-order valence-electron chi connectivity index (χ3n) is 5.01. The van der Waals surface area contributed by atoms with Crippen molar-refractivity contribution in [1.82, 2.24) is 0 Å². The van der Waals surface area contributed by atoms with Crippen LogP contribution >= 0.6 is 11.3 Å². The van der Waals surface area contributed by atoms with E-state index in [2.05, 4.69) is 15.5 Å². The van der Waals surface area contributed by atoms with Crippen molar-refractivity contribution in [3.8, 4) is 0 Å². The van der Waals surface area contributed by atoms with Gasteiger partial charge in [0.1, 0.15) is 18.0 Å². The molecule has 0 aliphatic heterocycles. The normalized spacial score (nSPS) is 12.3. The summed E-state index contributed by atoms with van der Waals surface area (Å²) in [5.74, 6) is -0.449. The average Bonchev–Trinajstić information content (AvgIpc) is 3.29. The maximum atomic E-state index is 12.7. The molecule has 1 unspecified atom stereocenters. The summed E-state index contributed by atoms with van der Waals surface area (Å²) < 4.78 is 30.8. The van der Waals surface area contributed by atoms with Crippen LogP contribution in [0.15, 0.2) is 69.7 Å². The van der Waals surface area contributed by atoms with Gasteiger partial charge in [0.15, 0.2) is 0 Å². The zero-order valence-electron chi connectivity index (χ0n) is 20.3. The number of hydrogen-bond acceptors (Lipinski definition) is 12. The smallest absolute Gasteiger partial charge is 0.333 e. The number of nitro groups is 2. The number of hydrogen-bond donors (Lipinski definition) is 1. The van der Waals surface area contributed by atoms with Gasteiger partial charge in [-0.15, -0.1) is 10.2 Å². The van der Waals surface area contributed by atoms with E-state index in [0.717, 1.165) is 6.07 Å². The lowest BCUT2D eigenvalue weighted by molar-refractivity contribution is -0.389. The third-order valence-corrected chi connectivity index (χ3v) is 7.35. The lowest BCUT2D eigenvalue weighted by atomic mass is 10.2. The standard InChI is InChI=1S/C22H22N6O8S2/c1-4-26(15(3)36-38(34,35)17-8-6-5-7-9-17)16-10-11-18(19(12-16)23-14(2)29)24-25-22-20(27(30)31)13-21(37-22)28(32)33/h5-13,15H,4H2,1-3H3,(H,23,29). The van der Waals surface area contributed by atoms with Crippen molar-refractivity contribution in [2.75, 3.05) is 16.8 Å². The first-order valence-electron chi connectivity index (χ1n) is 10.9. The van der Waals surface area contributed by atoms with Crippen molar-refractivity contribution >= 4 is 60.1 Å². The van der Waals surface area contributed by atoms with Crippen molar-refractivity contribution in [2.24, 2.45) is 10.2 Å². The van der Waals surface area contributed by atoms with E-state index in [1.54, 1.807) is 43.0 Å². The molecule has 0 radical (unpaired) electrons. The highest BCUT2D eigenvalue weighted by Crippen LogP contribution is 2.42. The minimum Gasteiger partial charge on any atom is -0.345 e. The highest BCUT2D eigenvalue weighted by Gasteiger charge is 2.26. The molecule has 1 atom stereocenters. The van der Waals surface area contributed by atoms with Crippen molar-refractivity contribution in [1.29, 1.82) is 0 Å². The minimum absolute atomic E-state index is 0.000468. The van der Waals surface area contributed by atoms with Gasteiger partial charge in [-0.05, 0) is 55.5 Å². The van der Waals surface area contributed by atoms with Crippen LogP contribution in [0, 0.1) is 20.2 Å². The lowest BCUT2D eigenvalue weighted by Gasteiger charge is -2.30. The molecule has 1 amide bonds.